The van der Waals surface area contributed by atoms with Gasteiger partial charge in [0.15, 0.2) is 0 Å². The maximum atomic E-state index is 13.4. The van der Waals surface area contributed by atoms with Crippen molar-refractivity contribution in [2.24, 2.45) is 5.16 Å². The van der Waals surface area contributed by atoms with Gasteiger partial charge in [0.25, 0.3) is 6.43 Å². The lowest BCUT2D eigenvalue weighted by atomic mass is 10.0. The van der Waals surface area contributed by atoms with Crippen LogP contribution in [0.1, 0.15) is 44.0 Å². The molecule has 0 spiro atoms. The average Bonchev–Trinajstić information content (AvgIpc) is 2.50. The van der Waals surface area contributed by atoms with Crippen molar-refractivity contribution in [2.45, 2.75) is 32.8 Å². The van der Waals surface area contributed by atoms with Crippen molar-refractivity contribution in [1.82, 2.24) is 4.98 Å². The quantitative estimate of drug-likeness (QED) is 0.578. The molecule has 0 radical (unpaired) electrons. The van der Waals surface area contributed by atoms with Crippen LogP contribution < -0.4 is 0 Å². The van der Waals surface area contributed by atoms with E-state index in [2.05, 4.69) is 26.1 Å². The zero-order valence-electron chi connectivity index (χ0n) is 13.4. The van der Waals surface area contributed by atoms with Crippen LogP contribution in [-0.4, -0.2) is 21.4 Å². The van der Waals surface area contributed by atoms with Crippen molar-refractivity contribution in [1.29, 1.82) is 0 Å². The van der Waals surface area contributed by atoms with Crippen molar-refractivity contribution < 1.29 is 18.7 Å². The summed E-state index contributed by atoms with van der Waals surface area (Å²) in [5, 5.41) is 14.2. The highest BCUT2D eigenvalue weighted by molar-refractivity contribution is 9.10. The van der Waals surface area contributed by atoms with Gasteiger partial charge in [-0.2, -0.15) is 0 Å². The predicted molar refractivity (Wildman–Crippen MR) is 91.5 cm³/mol. The Labute approximate surface area is 147 Å². The number of pyridine rings is 1. The Kier molecular flexibility index (Phi) is 5.54. The van der Waals surface area contributed by atoms with Gasteiger partial charge in [0.05, 0.1) is 0 Å². The fraction of sp³-hybridized carbons (Fsp3) is 0.294. The van der Waals surface area contributed by atoms with Gasteiger partial charge in [-0.3, -0.25) is 4.98 Å². The normalized spacial score (nSPS) is 12.5. The zero-order chi connectivity index (χ0) is 17.9. The van der Waals surface area contributed by atoms with E-state index in [-0.39, 0.29) is 28.3 Å². The number of halogens is 3. The minimum Gasteiger partial charge on any atom is -0.507 e. The second-order valence-electron chi connectivity index (χ2n) is 6.05. The smallest absolute Gasteiger partial charge is 0.266 e. The van der Waals surface area contributed by atoms with E-state index in [9.17, 15) is 13.9 Å². The van der Waals surface area contributed by atoms with Crippen molar-refractivity contribution in [2.75, 3.05) is 0 Å². The van der Waals surface area contributed by atoms with E-state index < -0.39 is 12.0 Å². The second kappa shape index (κ2) is 7.25. The molecule has 0 aliphatic carbocycles. The summed E-state index contributed by atoms with van der Waals surface area (Å²) in [5.74, 6) is -0.111. The van der Waals surface area contributed by atoms with Crippen LogP contribution in [0.2, 0.25) is 0 Å². The van der Waals surface area contributed by atoms with Crippen LogP contribution in [0.5, 0.6) is 5.75 Å². The van der Waals surface area contributed by atoms with Gasteiger partial charge >= 0.3 is 0 Å². The molecule has 24 heavy (non-hydrogen) atoms. The molecule has 4 nitrogen and oxygen atoms in total. The highest BCUT2D eigenvalue weighted by Gasteiger charge is 2.23. The molecule has 0 aliphatic rings. The Bertz CT molecular complexity index is 758. The number of aromatic nitrogens is 1. The van der Waals surface area contributed by atoms with Crippen molar-refractivity contribution in [3.05, 3.63) is 57.8 Å². The lowest BCUT2D eigenvalue weighted by Crippen LogP contribution is -2.19. The molecule has 0 saturated heterocycles. The van der Waals surface area contributed by atoms with E-state index in [0.29, 0.717) is 4.47 Å². The molecular formula is C17H17BrF2N2O2. The summed E-state index contributed by atoms with van der Waals surface area (Å²) in [7, 11) is 0. The maximum Gasteiger partial charge on any atom is 0.266 e. The number of rotatable bonds is 4. The van der Waals surface area contributed by atoms with Crippen molar-refractivity contribution in [3.8, 4) is 5.75 Å². The Balaban J connectivity index is 2.67. The zero-order valence-corrected chi connectivity index (χ0v) is 15.0. The summed E-state index contributed by atoms with van der Waals surface area (Å²) in [6, 6.07) is 7.34. The topological polar surface area (TPSA) is 54.7 Å². The van der Waals surface area contributed by atoms with E-state index in [4.69, 9.17) is 4.84 Å². The molecule has 0 fully saturated rings. The van der Waals surface area contributed by atoms with Crippen LogP contribution in [0, 0.1) is 0 Å². The van der Waals surface area contributed by atoms with Crippen LogP contribution >= 0.6 is 15.9 Å². The van der Waals surface area contributed by atoms with E-state index in [0.717, 1.165) is 0 Å². The number of alkyl halides is 2. The van der Waals surface area contributed by atoms with Gasteiger partial charge in [-0.15, -0.1) is 0 Å². The number of benzene rings is 1. The first kappa shape index (κ1) is 18.3. The molecule has 1 N–H and O–H groups in total. The number of nitrogens with zero attached hydrogens (tertiary/aromatic N) is 2. The highest BCUT2D eigenvalue weighted by Crippen LogP contribution is 2.29. The Morgan fingerprint density at radius 1 is 1.29 bits per heavy atom. The molecule has 2 aromatic rings. The Morgan fingerprint density at radius 2 is 2.00 bits per heavy atom. The Hall–Kier alpha value is -2.02. The molecule has 1 heterocycles. The average molecular weight is 399 g/mol. The third-order valence-electron chi connectivity index (χ3n) is 2.92. The molecule has 0 aliphatic heterocycles. The third kappa shape index (κ3) is 4.50. The van der Waals surface area contributed by atoms with Gasteiger partial charge in [-0.05, 0) is 51.1 Å². The Morgan fingerprint density at radius 3 is 2.62 bits per heavy atom. The number of phenolic OH excluding ortho intramolecular Hbond substituents is 1. The van der Waals surface area contributed by atoms with E-state index in [1.165, 1.54) is 24.4 Å². The molecule has 1 aromatic heterocycles. The molecule has 2 rings (SSSR count). The number of aromatic hydroxyl groups is 1. The second-order valence-corrected chi connectivity index (χ2v) is 6.96. The van der Waals surface area contributed by atoms with E-state index in [1.54, 1.807) is 32.9 Å². The number of oxime groups is 1. The minimum atomic E-state index is -2.73. The molecule has 0 amide bonds. The summed E-state index contributed by atoms with van der Waals surface area (Å²) in [6.45, 7) is 5.34. The first-order chi connectivity index (χ1) is 11.2. The van der Waals surface area contributed by atoms with Crippen LogP contribution in [0.15, 0.2) is 46.2 Å². The summed E-state index contributed by atoms with van der Waals surface area (Å²) >= 11 is 3.30. The van der Waals surface area contributed by atoms with Crippen LogP contribution in [0.4, 0.5) is 8.78 Å². The van der Waals surface area contributed by atoms with Crippen LogP contribution in [0.3, 0.4) is 0 Å². The summed E-state index contributed by atoms with van der Waals surface area (Å²) in [4.78, 5) is 9.44. The third-order valence-corrected chi connectivity index (χ3v) is 3.42. The minimum absolute atomic E-state index is 0.0369. The molecule has 0 unspecified atom stereocenters. The van der Waals surface area contributed by atoms with Gasteiger partial charge < -0.3 is 9.94 Å². The SMILES string of the molecule is CC(C)(C)ON=C(c1cc(Br)ccc1O)c1ncccc1C(F)F. The van der Waals surface area contributed by atoms with Crippen molar-refractivity contribution in [3.63, 3.8) is 0 Å². The monoisotopic (exact) mass is 398 g/mol. The molecular weight excluding hydrogens is 382 g/mol. The van der Waals surface area contributed by atoms with Gasteiger partial charge in [0, 0.05) is 21.8 Å². The summed E-state index contributed by atoms with van der Waals surface area (Å²) < 4.78 is 27.4. The number of hydrogen-bond donors (Lipinski definition) is 1. The number of phenols is 1. The van der Waals surface area contributed by atoms with Gasteiger partial charge in [0.1, 0.15) is 22.8 Å². The van der Waals surface area contributed by atoms with E-state index in [1.807, 2.05) is 0 Å². The fourth-order valence-corrected chi connectivity index (χ4v) is 2.25. The first-order valence-electron chi connectivity index (χ1n) is 7.17. The van der Waals surface area contributed by atoms with Gasteiger partial charge in [-0.25, -0.2) is 8.78 Å². The van der Waals surface area contributed by atoms with Gasteiger partial charge in [-0.1, -0.05) is 21.1 Å². The molecule has 0 atom stereocenters. The standard InChI is InChI=1S/C17H17BrF2N2O2/c1-17(2,3)24-22-15(12-9-10(18)6-7-13(12)23)14-11(16(19)20)5-4-8-21-14/h4-9,16,23H,1-3H3. The molecule has 0 bridgehead atoms. The van der Waals surface area contributed by atoms with Crippen LogP contribution in [0.25, 0.3) is 0 Å². The summed E-state index contributed by atoms with van der Waals surface area (Å²) in [5.41, 5.74) is -0.667. The molecule has 0 saturated carbocycles. The molecule has 7 heteroatoms. The first-order valence-corrected chi connectivity index (χ1v) is 7.97. The highest BCUT2D eigenvalue weighted by atomic mass is 79.9. The number of hydrogen-bond acceptors (Lipinski definition) is 4. The lowest BCUT2D eigenvalue weighted by molar-refractivity contribution is 0.00108. The maximum absolute atomic E-state index is 13.4. The summed E-state index contributed by atoms with van der Waals surface area (Å²) in [6.07, 6.45) is -1.34. The van der Waals surface area contributed by atoms with Gasteiger partial charge in [0.2, 0.25) is 0 Å². The lowest BCUT2D eigenvalue weighted by Gasteiger charge is -2.18. The molecule has 128 valence electrons. The predicted octanol–water partition coefficient (Wildman–Crippen LogP) is 5.05. The molecule has 1 aromatic carbocycles. The van der Waals surface area contributed by atoms with Crippen LogP contribution in [-0.2, 0) is 4.84 Å². The van der Waals surface area contributed by atoms with E-state index >= 15 is 0 Å². The van der Waals surface area contributed by atoms with Crippen molar-refractivity contribution >= 4 is 21.6 Å². The largest absolute Gasteiger partial charge is 0.507 e. The fourth-order valence-electron chi connectivity index (χ4n) is 1.89.